The van der Waals surface area contributed by atoms with Crippen LogP contribution in [0.3, 0.4) is 0 Å². The number of para-hydroxylation sites is 1. The van der Waals surface area contributed by atoms with Gasteiger partial charge >= 0.3 is 0 Å². The van der Waals surface area contributed by atoms with Crippen molar-refractivity contribution >= 4 is 34.2 Å². The molecule has 1 aliphatic carbocycles. The van der Waals surface area contributed by atoms with Gasteiger partial charge in [0.1, 0.15) is 18.2 Å². The van der Waals surface area contributed by atoms with Gasteiger partial charge in [-0.1, -0.05) is 71.7 Å². The van der Waals surface area contributed by atoms with E-state index in [1.165, 1.54) is 35.4 Å². The molecule has 1 saturated carbocycles. The number of benzene rings is 4. The molecule has 0 aliphatic heterocycles. The van der Waals surface area contributed by atoms with Gasteiger partial charge in [-0.25, -0.2) is 4.98 Å². The number of aromatic nitrogens is 2. The largest absolute Gasteiger partial charge is 0.492 e. The van der Waals surface area contributed by atoms with Gasteiger partial charge in [-0.3, -0.25) is 0 Å². The highest BCUT2D eigenvalue weighted by Gasteiger charge is 2.30. The van der Waals surface area contributed by atoms with Crippen molar-refractivity contribution in [2.75, 3.05) is 6.61 Å². The molecule has 1 fully saturated rings. The van der Waals surface area contributed by atoms with Gasteiger partial charge in [0, 0.05) is 21.9 Å². The fraction of sp³-hybridized carbons (Fsp3) is 0.194. The fourth-order valence-corrected chi connectivity index (χ4v) is 5.14. The van der Waals surface area contributed by atoms with E-state index in [0.717, 1.165) is 33.4 Å². The van der Waals surface area contributed by atoms with Crippen LogP contribution < -0.4 is 4.74 Å². The highest BCUT2D eigenvalue weighted by molar-refractivity contribution is 6.30. The summed E-state index contributed by atoms with van der Waals surface area (Å²) in [5.41, 5.74) is 5.76. The molecule has 36 heavy (non-hydrogen) atoms. The Morgan fingerprint density at radius 2 is 1.39 bits per heavy atom. The number of rotatable bonds is 8. The predicted octanol–water partition coefficient (Wildman–Crippen LogP) is 8.48. The lowest BCUT2D eigenvalue weighted by Gasteiger charge is -2.20. The van der Waals surface area contributed by atoms with Gasteiger partial charge in [0.25, 0.3) is 0 Å². The van der Waals surface area contributed by atoms with E-state index in [9.17, 15) is 0 Å². The van der Waals surface area contributed by atoms with Crippen molar-refractivity contribution in [3.05, 3.63) is 130 Å². The van der Waals surface area contributed by atoms with E-state index in [1.54, 1.807) is 0 Å². The third-order valence-corrected chi connectivity index (χ3v) is 7.32. The lowest BCUT2D eigenvalue weighted by molar-refractivity contribution is 0.298. The van der Waals surface area contributed by atoms with E-state index < -0.39 is 0 Å². The molecular formula is C31H26Cl2N2O. The van der Waals surface area contributed by atoms with Gasteiger partial charge in [0.05, 0.1) is 17.6 Å². The van der Waals surface area contributed by atoms with Crippen LogP contribution in [-0.2, 0) is 6.54 Å². The monoisotopic (exact) mass is 512 g/mol. The standard InChI is InChI=1S/C31H26Cl2N2O/c32-25-13-8-21(9-14-25)30(22-10-15-26(33)16-11-22)24-12-17-28-29(20-24)35(31(34-28)23-6-7-23)18-19-36-27-4-2-1-3-5-27/h1-5,8-17,20,23,30H,6-7,18-19H2. The summed E-state index contributed by atoms with van der Waals surface area (Å²) < 4.78 is 8.41. The van der Waals surface area contributed by atoms with Crippen molar-refractivity contribution in [2.24, 2.45) is 0 Å². The van der Waals surface area contributed by atoms with Crippen LogP contribution in [-0.4, -0.2) is 16.2 Å². The maximum Gasteiger partial charge on any atom is 0.119 e. The molecule has 0 radical (unpaired) electrons. The molecule has 0 atom stereocenters. The SMILES string of the molecule is Clc1ccc(C(c2ccc(Cl)cc2)c2ccc3nc(C4CC4)n(CCOc4ccccc4)c3c2)cc1. The number of fused-ring (bicyclic) bond motifs is 1. The summed E-state index contributed by atoms with van der Waals surface area (Å²) in [5, 5.41) is 1.46. The maximum absolute atomic E-state index is 6.22. The number of hydrogen-bond acceptors (Lipinski definition) is 2. The minimum absolute atomic E-state index is 0.0530. The van der Waals surface area contributed by atoms with Gasteiger partial charge in [-0.15, -0.1) is 0 Å². The number of halogens is 2. The zero-order valence-electron chi connectivity index (χ0n) is 19.8. The second kappa shape index (κ2) is 10.0. The van der Waals surface area contributed by atoms with Gasteiger partial charge < -0.3 is 9.30 Å². The van der Waals surface area contributed by atoms with Crippen molar-refractivity contribution in [1.82, 2.24) is 9.55 Å². The molecule has 0 bridgehead atoms. The highest BCUT2D eigenvalue weighted by Crippen LogP contribution is 2.41. The number of hydrogen-bond donors (Lipinski definition) is 0. The summed E-state index contributed by atoms with van der Waals surface area (Å²) in [6.07, 6.45) is 2.40. The Morgan fingerprint density at radius 3 is 2.00 bits per heavy atom. The topological polar surface area (TPSA) is 27.1 Å². The van der Waals surface area contributed by atoms with E-state index in [1.807, 2.05) is 54.6 Å². The second-order valence-corrected chi connectivity index (χ2v) is 10.2. The van der Waals surface area contributed by atoms with Crippen molar-refractivity contribution in [1.29, 1.82) is 0 Å². The van der Waals surface area contributed by atoms with Crippen LogP contribution >= 0.6 is 23.2 Å². The van der Waals surface area contributed by atoms with Crippen LogP contribution in [0.5, 0.6) is 5.75 Å². The summed E-state index contributed by atoms with van der Waals surface area (Å²) in [4.78, 5) is 5.04. The third kappa shape index (κ3) is 4.86. The zero-order valence-corrected chi connectivity index (χ0v) is 21.3. The third-order valence-electron chi connectivity index (χ3n) is 6.81. The van der Waals surface area contributed by atoms with Crippen LogP contribution in [0.15, 0.2) is 97.1 Å². The van der Waals surface area contributed by atoms with Crippen LogP contribution in [0.25, 0.3) is 11.0 Å². The number of ether oxygens (including phenoxy) is 1. The average Bonchev–Trinajstić information content (AvgIpc) is 3.69. The van der Waals surface area contributed by atoms with E-state index in [-0.39, 0.29) is 5.92 Å². The maximum atomic E-state index is 6.22. The predicted molar refractivity (Wildman–Crippen MR) is 147 cm³/mol. The average molecular weight is 513 g/mol. The number of nitrogens with zero attached hydrogens (tertiary/aromatic N) is 2. The van der Waals surface area contributed by atoms with Crippen LogP contribution in [0.4, 0.5) is 0 Å². The Kier molecular flexibility index (Phi) is 6.43. The fourth-order valence-electron chi connectivity index (χ4n) is 4.89. The second-order valence-electron chi connectivity index (χ2n) is 9.34. The lowest BCUT2D eigenvalue weighted by atomic mass is 9.85. The molecule has 0 saturated heterocycles. The van der Waals surface area contributed by atoms with E-state index in [2.05, 4.69) is 47.0 Å². The molecule has 1 aliphatic rings. The minimum atomic E-state index is 0.0530. The summed E-state index contributed by atoms with van der Waals surface area (Å²) in [6.45, 7) is 1.35. The Hall–Kier alpha value is -3.27. The van der Waals surface area contributed by atoms with Crippen LogP contribution in [0.2, 0.25) is 10.0 Å². The first-order chi connectivity index (χ1) is 17.7. The molecule has 4 aromatic carbocycles. The number of imidazole rings is 1. The summed E-state index contributed by atoms with van der Waals surface area (Å²) in [6, 6.07) is 32.9. The molecule has 0 unspecified atom stereocenters. The van der Waals surface area contributed by atoms with Crippen molar-refractivity contribution in [3.63, 3.8) is 0 Å². The summed E-state index contributed by atoms with van der Waals surface area (Å²) >= 11 is 12.4. The first-order valence-corrected chi connectivity index (χ1v) is 13.1. The van der Waals surface area contributed by atoms with Crippen molar-refractivity contribution < 1.29 is 4.74 Å². The van der Waals surface area contributed by atoms with Crippen molar-refractivity contribution in [2.45, 2.75) is 31.2 Å². The molecule has 5 heteroatoms. The first kappa shape index (κ1) is 23.1. The zero-order chi connectivity index (χ0) is 24.5. The van der Waals surface area contributed by atoms with E-state index in [0.29, 0.717) is 12.5 Å². The molecule has 1 aromatic heterocycles. The lowest BCUT2D eigenvalue weighted by Crippen LogP contribution is -2.11. The molecule has 180 valence electrons. The molecule has 6 rings (SSSR count). The van der Waals surface area contributed by atoms with Gasteiger partial charge in [0.15, 0.2) is 0 Å². The quantitative estimate of drug-likeness (QED) is 0.195. The Bertz CT molecular complexity index is 1430. The molecule has 1 heterocycles. The summed E-state index contributed by atoms with van der Waals surface area (Å²) in [5.74, 6) is 2.66. The van der Waals surface area contributed by atoms with Crippen molar-refractivity contribution in [3.8, 4) is 5.75 Å². The Balaban J connectivity index is 1.40. The van der Waals surface area contributed by atoms with Crippen LogP contribution in [0.1, 0.15) is 47.2 Å². The van der Waals surface area contributed by atoms with E-state index >= 15 is 0 Å². The molecule has 0 spiro atoms. The Morgan fingerprint density at radius 1 is 0.778 bits per heavy atom. The van der Waals surface area contributed by atoms with Gasteiger partial charge in [-0.2, -0.15) is 0 Å². The molecular weight excluding hydrogens is 487 g/mol. The molecule has 3 nitrogen and oxygen atoms in total. The minimum Gasteiger partial charge on any atom is -0.492 e. The summed E-state index contributed by atoms with van der Waals surface area (Å²) in [7, 11) is 0. The highest BCUT2D eigenvalue weighted by atomic mass is 35.5. The van der Waals surface area contributed by atoms with Gasteiger partial charge in [0.2, 0.25) is 0 Å². The van der Waals surface area contributed by atoms with E-state index in [4.69, 9.17) is 32.9 Å². The molecule has 0 amide bonds. The molecule has 5 aromatic rings. The van der Waals surface area contributed by atoms with Crippen LogP contribution in [0, 0.1) is 0 Å². The molecule has 0 N–H and O–H groups in total. The first-order valence-electron chi connectivity index (χ1n) is 12.3. The van der Waals surface area contributed by atoms with Gasteiger partial charge in [-0.05, 0) is 78.1 Å². The smallest absolute Gasteiger partial charge is 0.119 e. The normalized spacial score (nSPS) is 13.4. The Labute approximate surface area is 221 Å².